The Kier molecular flexibility index (Phi) is 4.71. The summed E-state index contributed by atoms with van der Waals surface area (Å²) in [6.07, 6.45) is 0. The molecule has 5 heteroatoms. The maximum Gasteiger partial charge on any atom is 0.355 e. The number of Topliss-reactive ketones (excluding diaryl/α,β-unsaturated/α-hetero) is 1. The number of rotatable bonds is 4. The number of aromatic amines is 1. The Morgan fingerprint density at radius 3 is 2.41 bits per heavy atom. The summed E-state index contributed by atoms with van der Waals surface area (Å²) in [5, 5.41) is 0.228. The number of hydrogen-bond acceptors (Lipinski definition) is 3. The van der Waals surface area contributed by atoms with Gasteiger partial charge in [0.25, 0.3) is 0 Å². The number of ether oxygens (including phenoxy) is 1. The molecule has 0 aliphatic heterocycles. The second-order valence-corrected chi connectivity index (χ2v) is 6.45. The summed E-state index contributed by atoms with van der Waals surface area (Å²) in [5.41, 5.74) is 0.716. The molecule has 0 bridgehead atoms. The second-order valence-electron chi connectivity index (χ2n) is 6.05. The third-order valence-corrected chi connectivity index (χ3v) is 3.41. The van der Waals surface area contributed by atoms with E-state index in [9.17, 15) is 9.59 Å². The van der Waals surface area contributed by atoms with E-state index >= 15 is 0 Å². The number of carbonyl (C=O) groups is 2. The molecule has 0 spiro atoms. The van der Waals surface area contributed by atoms with Gasteiger partial charge in [0.05, 0.1) is 5.02 Å². The number of esters is 1. The predicted molar refractivity (Wildman–Crippen MR) is 85.1 cm³/mol. The van der Waals surface area contributed by atoms with E-state index in [-0.39, 0.29) is 28.8 Å². The number of ketones is 1. The van der Waals surface area contributed by atoms with Crippen LogP contribution in [0.4, 0.5) is 0 Å². The average molecular weight is 320 g/mol. The van der Waals surface area contributed by atoms with Gasteiger partial charge in [0.15, 0.2) is 5.78 Å². The quantitative estimate of drug-likeness (QED) is 0.677. The van der Waals surface area contributed by atoms with Gasteiger partial charge in [0, 0.05) is 5.41 Å². The fourth-order valence-corrected chi connectivity index (χ4v) is 2.12. The number of H-pyrrole nitrogens is 1. The van der Waals surface area contributed by atoms with Crippen molar-refractivity contribution in [3.63, 3.8) is 0 Å². The van der Waals surface area contributed by atoms with Crippen LogP contribution in [-0.2, 0) is 11.3 Å². The van der Waals surface area contributed by atoms with Crippen molar-refractivity contribution >= 4 is 23.4 Å². The van der Waals surface area contributed by atoms with E-state index in [1.807, 2.05) is 30.3 Å². The van der Waals surface area contributed by atoms with E-state index in [0.29, 0.717) is 0 Å². The summed E-state index contributed by atoms with van der Waals surface area (Å²) < 4.78 is 5.21. The van der Waals surface area contributed by atoms with E-state index in [1.54, 1.807) is 20.8 Å². The monoisotopic (exact) mass is 319 g/mol. The molecule has 2 rings (SSSR count). The number of nitrogens with one attached hydrogen (secondary N) is 1. The molecule has 0 radical (unpaired) electrons. The van der Waals surface area contributed by atoms with Crippen LogP contribution in [0.2, 0.25) is 5.02 Å². The molecule has 0 fully saturated rings. The molecule has 0 saturated carbocycles. The zero-order chi connectivity index (χ0) is 16.3. The molecule has 0 unspecified atom stereocenters. The van der Waals surface area contributed by atoms with Crippen molar-refractivity contribution in [2.75, 3.05) is 0 Å². The van der Waals surface area contributed by atoms with Crippen molar-refractivity contribution in [2.45, 2.75) is 27.4 Å². The van der Waals surface area contributed by atoms with Gasteiger partial charge in [-0.05, 0) is 11.6 Å². The van der Waals surface area contributed by atoms with Gasteiger partial charge in [-0.2, -0.15) is 0 Å². The van der Waals surface area contributed by atoms with Crippen molar-refractivity contribution in [1.82, 2.24) is 4.98 Å². The molecule has 1 aromatic carbocycles. The molecule has 2 aromatic rings. The molecule has 0 aliphatic rings. The van der Waals surface area contributed by atoms with Crippen LogP contribution in [-0.4, -0.2) is 16.7 Å². The molecule has 22 heavy (non-hydrogen) atoms. The van der Waals surface area contributed by atoms with Gasteiger partial charge in [-0.3, -0.25) is 4.79 Å². The van der Waals surface area contributed by atoms with Gasteiger partial charge >= 0.3 is 5.97 Å². The highest BCUT2D eigenvalue weighted by Gasteiger charge is 2.27. The Bertz CT molecular complexity index is 684. The zero-order valence-electron chi connectivity index (χ0n) is 12.8. The summed E-state index contributed by atoms with van der Waals surface area (Å²) in [7, 11) is 0. The molecule has 0 atom stereocenters. The van der Waals surface area contributed by atoms with Crippen molar-refractivity contribution in [2.24, 2.45) is 5.41 Å². The lowest BCUT2D eigenvalue weighted by Gasteiger charge is -2.15. The van der Waals surface area contributed by atoms with Crippen LogP contribution in [0.5, 0.6) is 0 Å². The third-order valence-electron chi connectivity index (χ3n) is 3.11. The summed E-state index contributed by atoms with van der Waals surface area (Å²) in [6.45, 7) is 5.54. The molecule has 1 aromatic heterocycles. The number of aromatic nitrogens is 1. The molecular weight excluding hydrogens is 302 g/mol. The molecule has 1 heterocycles. The number of halogens is 1. The largest absolute Gasteiger partial charge is 0.456 e. The van der Waals surface area contributed by atoms with E-state index in [4.69, 9.17) is 16.3 Å². The van der Waals surface area contributed by atoms with E-state index in [1.165, 1.54) is 6.07 Å². The summed E-state index contributed by atoms with van der Waals surface area (Å²) in [4.78, 5) is 27.0. The zero-order valence-corrected chi connectivity index (χ0v) is 13.5. The van der Waals surface area contributed by atoms with Crippen molar-refractivity contribution in [3.05, 3.63) is 58.4 Å². The van der Waals surface area contributed by atoms with Gasteiger partial charge in [-0.15, -0.1) is 0 Å². The van der Waals surface area contributed by atoms with Crippen LogP contribution < -0.4 is 0 Å². The molecule has 4 nitrogen and oxygen atoms in total. The highest BCUT2D eigenvalue weighted by molar-refractivity contribution is 6.34. The predicted octanol–water partition coefficient (Wildman–Crippen LogP) is 4.25. The van der Waals surface area contributed by atoms with Gasteiger partial charge < -0.3 is 9.72 Å². The van der Waals surface area contributed by atoms with Crippen molar-refractivity contribution in [3.8, 4) is 0 Å². The lowest BCUT2D eigenvalue weighted by molar-refractivity contribution is 0.0466. The normalized spacial score (nSPS) is 11.3. The summed E-state index contributed by atoms with van der Waals surface area (Å²) in [6, 6.07) is 10.8. The highest BCUT2D eigenvalue weighted by Crippen LogP contribution is 2.26. The first-order valence-corrected chi connectivity index (χ1v) is 7.31. The van der Waals surface area contributed by atoms with Gasteiger partial charge in [-0.1, -0.05) is 62.7 Å². The van der Waals surface area contributed by atoms with Crippen LogP contribution in [0.3, 0.4) is 0 Å². The topological polar surface area (TPSA) is 59.2 Å². The average Bonchev–Trinajstić information content (AvgIpc) is 2.86. The Morgan fingerprint density at radius 2 is 1.82 bits per heavy atom. The first-order chi connectivity index (χ1) is 10.3. The fraction of sp³-hybridized carbons (Fsp3) is 0.294. The Balaban J connectivity index is 2.10. The maximum atomic E-state index is 12.2. The van der Waals surface area contributed by atoms with Crippen LogP contribution in [0.1, 0.15) is 47.3 Å². The fourth-order valence-electron chi connectivity index (χ4n) is 1.88. The standard InChI is InChI=1S/C17H18ClNO3/c1-17(2,3)15(20)14-12(18)9-13(19-14)16(21)22-10-11-7-5-4-6-8-11/h4-9,19H,10H2,1-3H3. The maximum absolute atomic E-state index is 12.2. The lowest BCUT2D eigenvalue weighted by Crippen LogP contribution is -2.21. The summed E-state index contributed by atoms with van der Waals surface area (Å²) >= 11 is 6.05. The molecular formula is C17H18ClNO3. The highest BCUT2D eigenvalue weighted by atomic mass is 35.5. The smallest absolute Gasteiger partial charge is 0.355 e. The van der Waals surface area contributed by atoms with Crippen molar-refractivity contribution in [1.29, 1.82) is 0 Å². The van der Waals surface area contributed by atoms with E-state index < -0.39 is 11.4 Å². The van der Waals surface area contributed by atoms with E-state index in [2.05, 4.69) is 4.98 Å². The van der Waals surface area contributed by atoms with Crippen LogP contribution in [0.15, 0.2) is 36.4 Å². The number of hydrogen-bond donors (Lipinski definition) is 1. The van der Waals surface area contributed by atoms with Gasteiger partial charge in [0.1, 0.15) is 18.0 Å². The number of carbonyl (C=O) groups excluding carboxylic acids is 2. The first-order valence-electron chi connectivity index (χ1n) is 6.93. The van der Waals surface area contributed by atoms with Crippen LogP contribution in [0, 0.1) is 5.41 Å². The minimum atomic E-state index is -0.584. The molecule has 0 saturated heterocycles. The minimum Gasteiger partial charge on any atom is -0.456 e. The third kappa shape index (κ3) is 3.77. The number of benzene rings is 1. The lowest BCUT2D eigenvalue weighted by atomic mass is 9.89. The van der Waals surface area contributed by atoms with Crippen LogP contribution in [0.25, 0.3) is 0 Å². The molecule has 1 N–H and O–H groups in total. The Labute approximate surface area is 134 Å². The second kappa shape index (κ2) is 6.36. The Morgan fingerprint density at radius 1 is 1.18 bits per heavy atom. The van der Waals surface area contributed by atoms with Gasteiger partial charge in [0.2, 0.25) is 0 Å². The molecule has 0 amide bonds. The SMILES string of the molecule is CC(C)(C)C(=O)c1[nH]c(C(=O)OCc2ccccc2)cc1Cl. The van der Waals surface area contributed by atoms with Crippen LogP contribution >= 0.6 is 11.6 Å². The summed E-state index contributed by atoms with van der Waals surface area (Å²) in [5.74, 6) is -0.696. The Hall–Kier alpha value is -2.07. The van der Waals surface area contributed by atoms with Crippen molar-refractivity contribution < 1.29 is 14.3 Å². The molecule has 116 valence electrons. The molecule has 0 aliphatic carbocycles. The van der Waals surface area contributed by atoms with Gasteiger partial charge in [-0.25, -0.2) is 4.79 Å². The first kappa shape index (κ1) is 16.3. The van der Waals surface area contributed by atoms with E-state index in [0.717, 1.165) is 5.56 Å². The minimum absolute atomic E-state index is 0.153.